The first-order chi connectivity index (χ1) is 7.83. The van der Waals surface area contributed by atoms with Crippen molar-refractivity contribution in [2.45, 2.75) is 13.0 Å². The van der Waals surface area contributed by atoms with Crippen LogP contribution in [-0.2, 0) is 0 Å². The number of aryl methyl sites for hydroxylation is 1. The monoisotopic (exact) mass is 234 g/mol. The molecule has 1 unspecified atom stereocenters. The Morgan fingerprint density at radius 2 is 2.44 bits per heavy atom. The summed E-state index contributed by atoms with van der Waals surface area (Å²) < 4.78 is 5.80. The molecule has 3 nitrogen and oxygen atoms in total. The summed E-state index contributed by atoms with van der Waals surface area (Å²) in [6, 6.07) is 6.40. The molecular formula is C12H14N2OS. The van der Waals surface area contributed by atoms with Gasteiger partial charge in [0.1, 0.15) is 5.52 Å². The van der Waals surface area contributed by atoms with Crippen LogP contribution < -0.4 is 5.32 Å². The fraction of sp³-hybridized carbons (Fsp3) is 0.417. The van der Waals surface area contributed by atoms with E-state index in [0.29, 0.717) is 0 Å². The Morgan fingerprint density at radius 1 is 1.50 bits per heavy atom. The van der Waals surface area contributed by atoms with Crippen LogP contribution in [0.15, 0.2) is 22.6 Å². The van der Waals surface area contributed by atoms with Crippen molar-refractivity contribution in [2.75, 3.05) is 18.1 Å². The molecule has 1 saturated heterocycles. The molecule has 0 radical (unpaired) electrons. The molecule has 0 saturated carbocycles. The summed E-state index contributed by atoms with van der Waals surface area (Å²) >= 11 is 1.95. The number of nitrogens with zero attached hydrogens (tertiary/aromatic N) is 1. The van der Waals surface area contributed by atoms with E-state index in [-0.39, 0.29) is 6.04 Å². The van der Waals surface area contributed by atoms with Crippen LogP contribution in [0.5, 0.6) is 0 Å². The van der Waals surface area contributed by atoms with E-state index in [1.54, 1.807) is 0 Å². The van der Waals surface area contributed by atoms with Crippen LogP contribution in [0, 0.1) is 6.92 Å². The number of rotatable bonds is 1. The molecule has 2 heterocycles. The first-order valence-corrected chi connectivity index (χ1v) is 6.66. The number of fused-ring (bicyclic) bond motifs is 1. The predicted octanol–water partition coefficient (Wildman–Crippen LogP) is 2.51. The lowest BCUT2D eigenvalue weighted by Crippen LogP contribution is -2.30. The van der Waals surface area contributed by atoms with E-state index in [4.69, 9.17) is 4.42 Å². The predicted molar refractivity (Wildman–Crippen MR) is 66.8 cm³/mol. The zero-order valence-electron chi connectivity index (χ0n) is 9.19. The van der Waals surface area contributed by atoms with Gasteiger partial charge >= 0.3 is 0 Å². The first kappa shape index (κ1) is 10.2. The minimum Gasteiger partial charge on any atom is -0.439 e. The minimum atomic E-state index is 0.270. The molecule has 1 aliphatic heterocycles. The van der Waals surface area contributed by atoms with Crippen molar-refractivity contribution in [3.8, 4) is 0 Å². The van der Waals surface area contributed by atoms with Crippen LogP contribution in [-0.4, -0.2) is 23.0 Å². The fourth-order valence-electron chi connectivity index (χ4n) is 1.92. The summed E-state index contributed by atoms with van der Waals surface area (Å²) in [5.74, 6) is 3.05. The number of thioether (sulfide) groups is 1. The van der Waals surface area contributed by atoms with Gasteiger partial charge in [0.15, 0.2) is 5.58 Å². The van der Waals surface area contributed by atoms with Gasteiger partial charge in [-0.25, -0.2) is 4.98 Å². The summed E-state index contributed by atoms with van der Waals surface area (Å²) in [5, 5.41) is 3.43. The average molecular weight is 234 g/mol. The number of hydrogen-bond donors (Lipinski definition) is 1. The lowest BCUT2D eigenvalue weighted by Gasteiger charge is -2.19. The molecule has 1 aromatic carbocycles. The molecule has 0 bridgehead atoms. The Bertz CT molecular complexity index is 503. The van der Waals surface area contributed by atoms with Crippen molar-refractivity contribution in [3.63, 3.8) is 0 Å². The van der Waals surface area contributed by atoms with Crippen LogP contribution >= 0.6 is 11.8 Å². The Hall–Kier alpha value is -1.00. The lowest BCUT2D eigenvalue weighted by molar-refractivity contribution is 0.441. The summed E-state index contributed by atoms with van der Waals surface area (Å²) in [5.41, 5.74) is 3.06. The maximum Gasteiger partial charge on any atom is 0.213 e. The lowest BCUT2D eigenvalue weighted by atomic mass is 10.2. The van der Waals surface area contributed by atoms with Crippen LogP contribution in [0.1, 0.15) is 17.5 Å². The zero-order valence-corrected chi connectivity index (χ0v) is 10.0. The topological polar surface area (TPSA) is 38.1 Å². The highest BCUT2D eigenvalue weighted by atomic mass is 32.2. The van der Waals surface area contributed by atoms with Crippen molar-refractivity contribution in [1.82, 2.24) is 10.3 Å². The van der Waals surface area contributed by atoms with Crippen LogP contribution in [0.25, 0.3) is 11.1 Å². The van der Waals surface area contributed by atoms with Crippen LogP contribution in [0.2, 0.25) is 0 Å². The molecule has 1 N–H and O–H groups in total. The smallest absolute Gasteiger partial charge is 0.213 e. The van der Waals surface area contributed by atoms with Crippen molar-refractivity contribution < 1.29 is 4.42 Å². The number of aromatic nitrogens is 1. The van der Waals surface area contributed by atoms with Gasteiger partial charge in [-0.05, 0) is 24.6 Å². The molecule has 1 aromatic heterocycles. The maximum atomic E-state index is 5.80. The van der Waals surface area contributed by atoms with Gasteiger partial charge in [0.25, 0.3) is 0 Å². The van der Waals surface area contributed by atoms with Gasteiger partial charge < -0.3 is 9.73 Å². The highest BCUT2D eigenvalue weighted by Crippen LogP contribution is 2.25. The minimum absolute atomic E-state index is 0.270. The van der Waals surface area contributed by atoms with Crippen molar-refractivity contribution in [1.29, 1.82) is 0 Å². The molecular weight excluding hydrogens is 220 g/mol. The molecule has 4 heteroatoms. The van der Waals surface area contributed by atoms with Crippen molar-refractivity contribution in [3.05, 3.63) is 29.7 Å². The summed E-state index contributed by atoms with van der Waals surface area (Å²) in [4.78, 5) is 4.54. The number of oxazole rings is 1. The third-order valence-electron chi connectivity index (χ3n) is 2.78. The molecule has 1 fully saturated rings. The first-order valence-electron chi connectivity index (χ1n) is 5.51. The molecule has 1 aliphatic rings. The highest BCUT2D eigenvalue weighted by Gasteiger charge is 2.20. The Labute approximate surface area is 98.6 Å². The highest BCUT2D eigenvalue weighted by molar-refractivity contribution is 7.99. The van der Waals surface area contributed by atoms with E-state index in [1.165, 1.54) is 11.3 Å². The van der Waals surface area contributed by atoms with Gasteiger partial charge in [-0.15, -0.1) is 0 Å². The Morgan fingerprint density at radius 3 is 3.25 bits per heavy atom. The largest absolute Gasteiger partial charge is 0.439 e. The molecule has 0 amide bonds. The third kappa shape index (κ3) is 1.83. The van der Waals surface area contributed by atoms with E-state index in [9.17, 15) is 0 Å². The van der Waals surface area contributed by atoms with E-state index in [0.717, 1.165) is 29.3 Å². The second-order valence-electron chi connectivity index (χ2n) is 4.10. The van der Waals surface area contributed by atoms with Crippen LogP contribution in [0.4, 0.5) is 0 Å². The van der Waals surface area contributed by atoms with Gasteiger partial charge in [0, 0.05) is 18.1 Å². The standard InChI is InChI=1S/C12H14N2OS/c1-8-2-3-9-11(6-8)15-12(14-9)10-7-16-5-4-13-10/h2-3,6,10,13H,4-5,7H2,1H3. The Kier molecular flexibility index (Phi) is 2.61. The molecule has 16 heavy (non-hydrogen) atoms. The fourth-order valence-corrected chi connectivity index (χ4v) is 2.85. The zero-order chi connectivity index (χ0) is 11.0. The van der Waals surface area contributed by atoms with Gasteiger partial charge in [0.2, 0.25) is 5.89 Å². The second kappa shape index (κ2) is 4.11. The van der Waals surface area contributed by atoms with Gasteiger partial charge in [0.05, 0.1) is 6.04 Å². The third-order valence-corrected chi connectivity index (χ3v) is 3.84. The normalized spacial score (nSPS) is 21.4. The SMILES string of the molecule is Cc1ccc2nc(C3CSCCN3)oc2c1. The van der Waals surface area contributed by atoms with Gasteiger partial charge in [-0.1, -0.05) is 6.07 Å². The van der Waals surface area contributed by atoms with E-state index < -0.39 is 0 Å². The van der Waals surface area contributed by atoms with Crippen molar-refractivity contribution >= 4 is 22.9 Å². The van der Waals surface area contributed by atoms with E-state index >= 15 is 0 Å². The van der Waals surface area contributed by atoms with Crippen LogP contribution in [0.3, 0.4) is 0 Å². The summed E-state index contributed by atoms with van der Waals surface area (Å²) in [6.45, 7) is 3.10. The molecule has 0 spiro atoms. The second-order valence-corrected chi connectivity index (χ2v) is 5.25. The summed E-state index contributed by atoms with van der Waals surface area (Å²) in [6.07, 6.45) is 0. The van der Waals surface area contributed by atoms with E-state index in [1.807, 2.05) is 23.9 Å². The number of nitrogens with one attached hydrogen (secondary N) is 1. The van der Waals surface area contributed by atoms with E-state index in [2.05, 4.69) is 23.3 Å². The molecule has 84 valence electrons. The number of hydrogen-bond acceptors (Lipinski definition) is 4. The molecule has 3 rings (SSSR count). The number of benzene rings is 1. The average Bonchev–Trinajstić information content (AvgIpc) is 2.73. The molecule has 2 aromatic rings. The summed E-state index contributed by atoms with van der Waals surface area (Å²) in [7, 11) is 0. The van der Waals surface area contributed by atoms with Crippen molar-refractivity contribution in [2.24, 2.45) is 0 Å². The maximum absolute atomic E-state index is 5.80. The molecule has 1 atom stereocenters. The van der Waals surface area contributed by atoms with Gasteiger partial charge in [-0.2, -0.15) is 11.8 Å². The Balaban J connectivity index is 1.97. The quantitative estimate of drug-likeness (QED) is 0.822. The van der Waals surface area contributed by atoms with Gasteiger partial charge in [-0.3, -0.25) is 0 Å². The molecule has 0 aliphatic carbocycles.